The molecule has 3 aromatic carbocycles. The highest BCUT2D eigenvalue weighted by molar-refractivity contribution is 7.81. The zero-order valence-electron chi connectivity index (χ0n) is 21.0. The lowest BCUT2D eigenvalue weighted by atomic mass is 10.0. The third kappa shape index (κ3) is 5.04. The Morgan fingerprint density at radius 3 is 2.24 bits per heavy atom. The molecule has 0 unspecified atom stereocenters. The molecule has 1 fully saturated rings. The van der Waals surface area contributed by atoms with E-state index in [1.165, 1.54) is 15.9 Å². The molecule has 1 aliphatic rings. The molecule has 0 bridgehead atoms. The van der Waals surface area contributed by atoms with Crippen LogP contribution in [0, 0.1) is 13.8 Å². The Balaban J connectivity index is 1.90. The van der Waals surface area contributed by atoms with E-state index >= 15 is 0 Å². The van der Waals surface area contributed by atoms with Gasteiger partial charge in [0, 0.05) is 5.56 Å². The molecule has 0 aromatic heterocycles. The first-order valence-corrected chi connectivity index (χ1v) is 12.3. The quantitative estimate of drug-likeness (QED) is 0.185. The molecule has 0 saturated carbocycles. The number of anilines is 2. The maximum Gasteiger partial charge on any atom is 0.270 e. The molecule has 1 aliphatic heterocycles. The van der Waals surface area contributed by atoms with Crippen molar-refractivity contribution in [3.63, 3.8) is 0 Å². The fourth-order valence-electron chi connectivity index (χ4n) is 4.14. The lowest BCUT2D eigenvalue weighted by Crippen LogP contribution is -2.57. The summed E-state index contributed by atoms with van der Waals surface area (Å²) in [7, 11) is 0. The molecule has 7 heteroatoms. The maximum atomic E-state index is 13.8. The van der Waals surface area contributed by atoms with Crippen LogP contribution in [0.25, 0.3) is 6.08 Å². The van der Waals surface area contributed by atoms with Gasteiger partial charge in [-0.15, -0.1) is 6.58 Å². The van der Waals surface area contributed by atoms with Crippen LogP contribution in [0.4, 0.5) is 11.4 Å². The number of benzene rings is 3. The van der Waals surface area contributed by atoms with Gasteiger partial charge < -0.3 is 9.84 Å². The first kappa shape index (κ1) is 25.9. The zero-order valence-corrected chi connectivity index (χ0v) is 21.8. The number of ether oxygens (including phenoxy) is 1. The molecule has 0 spiro atoms. The second-order valence-corrected chi connectivity index (χ2v) is 9.04. The van der Waals surface area contributed by atoms with Crippen LogP contribution in [-0.4, -0.2) is 28.6 Å². The number of nitrogens with zero attached hydrogens (tertiary/aromatic N) is 2. The second kappa shape index (κ2) is 10.8. The summed E-state index contributed by atoms with van der Waals surface area (Å²) in [6.07, 6.45) is 3.57. The highest BCUT2D eigenvalue weighted by Crippen LogP contribution is 2.35. The van der Waals surface area contributed by atoms with Crippen LogP contribution >= 0.6 is 12.2 Å². The standard InChI is InChI=1S/C30H28N2O4S/c1-5-10-22-16-21(18-26(27(22)33)36-6-2)17-25-28(34)31(23-11-8-7-9-12-23)30(37)32(29(25)35)24-14-13-19(3)20(4)15-24/h5,7-9,11-18,33H,1,6,10H2,2-4H3/b25-17-. The largest absolute Gasteiger partial charge is 0.504 e. The molecule has 37 heavy (non-hydrogen) atoms. The van der Waals surface area contributed by atoms with Crippen LogP contribution in [0.2, 0.25) is 0 Å². The van der Waals surface area contributed by atoms with Crippen molar-refractivity contribution in [3.05, 3.63) is 101 Å². The number of allylic oxidation sites excluding steroid dienone is 1. The summed E-state index contributed by atoms with van der Waals surface area (Å²) >= 11 is 5.71. The summed E-state index contributed by atoms with van der Waals surface area (Å²) in [6.45, 7) is 9.85. The summed E-state index contributed by atoms with van der Waals surface area (Å²) in [5.74, 6) is -0.778. The van der Waals surface area contributed by atoms with Crippen molar-refractivity contribution >= 4 is 46.6 Å². The van der Waals surface area contributed by atoms with E-state index in [0.29, 0.717) is 35.5 Å². The van der Waals surface area contributed by atoms with Crippen molar-refractivity contribution in [3.8, 4) is 11.5 Å². The maximum absolute atomic E-state index is 13.8. The van der Waals surface area contributed by atoms with Crippen molar-refractivity contribution in [1.82, 2.24) is 0 Å². The summed E-state index contributed by atoms with van der Waals surface area (Å²) < 4.78 is 5.60. The third-order valence-electron chi connectivity index (χ3n) is 6.16. The zero-order chi connectivity index (χ0) is 26.7. The van der Waals surface area contributed by atoms with Gasteiger partial charge in [0.05, 0.1) is 18.0 Å². The van der Waals surface area contributed by atoms with Gasteiger partial charge >= 0.3 is 0 Å². The fraction of sp³-hybridized carbons (Fsp3) is 0.167. The monoisotopic (exact) mass is 512 g/mol. The number of aryl methyl sites for hydroxylation is 2. The summed E-state index contributed by atoms with van der Waals surface area (Å²) in [6, 6.07) is 17.9. The number of hydrogen-bond acceptors (Lipinski definition) is 5. The normalized spacial score (nSPS) is 14.9. The molecule has 188 valence electrons. The number of para-hydroxylation sites is 1. The topological polar surface area (TPSA) is 70.1 Å². The number of rotatable bonds is 7. The molecule has 4 rings (SSSR count). The molecule has 0 radical (unpaired) electrons. The number of thiocarbonyl (C=S) groups is 1. The number of phenols is 1. The van der Waals surface area contributed by atoms with E-state index in [4.69, 9.17) is 17.0 Å². The van der Waals surface area contributed by atoms with Gasteiger partial charge in [-0.1, -0.05) is 30.3 Å². The number of carbonyl (C=O) groups excluding carboxylic acids is 2. The van der Waals surface area contributed by atoms with Crippen molar-refractivity contribution in [2.45, 2.75) is 27.2 Å². The Labute approximate surface area is 222 Å². The van der Waals surface area contributed by atoms with Gasteiger partial charge in [-0.3, -0.25) is 19.4 Å². The van der Waals surface area contributed by atoms with Crippen LogP contribution in [0.15, 0.2) is 78.9 Å². The molecule has 3 aromatic rings. The van der Waals surface area contributed by atoms with E-state index in [1.807, 2.05) is 45.0 Å². The van der Waals surface area contributed by atoms with Gasteiger partial charge in [0.1, 0.15) is 5.57 Å². The average Bonchev–Trinajstić information content (AvgIpc) is 2.87. The molecular formula is C30H28N2O4S. The Hall–Kier alpha value is -4.23. The molecule has 1 heterocycles. The molecule has 2 amide bonds. The molecular weight excluding hydrogens is 484 g/mol. The van der Waals surface area contributed by atoms with Crippen LogP contribution in [0.3, 0.4) is 0 Å². The predicted octanol–water partition coefficient (Wildman–Crippen LogP) is 5.88. The number of hydrogen-bond donors (Lipinski definition) is 1. The Bertz CT molecular complexity index is 1430. The van der Waals surface area contributed by atoms with E-state index < -0.39 is 11.8 Å². The summed E-state index contributed by atoms with van der Waals surface area (Å²) in [4.78, 5) is 30.4. The third-order valence-corrected chi connectivity index (χ3v) is 6.53. The van der Waals surface area contributed by atoms with Crippen LogP contribution in [0.1, 0.15) is 29.2 Å². The van der Waals surface area contributed by atoms with E-state index in [-0.39, 0.29) is 22.2 Å². The highest BCUT2D eigenvalue weighted by Gasteiger charge is 2.41. The fourth-order valence-corrected chi connectivity index (χ4v) is 4.52. The van der Waals surface area contributed by atoms with Crippen molar-refractivity contribution in [2.75, 3.05) is 16.4 Å². The summed E-state index contributed by atoms with van der Waals surface area (Å²) in [5.41, 5.74) is 4.25. The lowest BCUT2D eigenvalue weighted by Gasteiger charge is -2.36. The number of amides is 2. The molecule has 1 saturated heterocycles. The van der Waals surface area contributed by atoms with E-state index in [9.17, 15) is 14.7 Å². The average molecular weight is 513 g/mol. The molecule has 0 atom stereocenters. The van der Waals surface area contributed by atoms with Crippen molar-refractivity contribution in [1.29, 1.82) is 0 Å². The van der Waals surface area contributed by atoms with E-state index in [0.717, 1.165) is 11.1 Å². The first-order valence-electron chi connectivity index (χ1n) is 11.9. The van der Waals surface area contributed by atoms with Crippen molar-refractivity contribution in [2.24, 2.45) is 0 Å². The Morgan fingerprint density at radius 1 is 0.946 bits per heavy atom. The van der Waals surface area contributed by atoms with Crippen molar-refractivity contribution < 1.29 is 19.4 Å². The van der Waals surface area contributed by atoms with Gasteiger partial charge in [-0.25, -0.2) is 0 Å². The SMILES string of the molecule is C=CCc1cc(/C=C2/C(=O)N(c3ccccc3)C(=S)N(c3ccc(C)c(C)c3)C2=O)cc(OCC)c1O. The number of aromatic hydroxyl groups is 1. The Kier molecular flexibility index (Phi) is 7.55. The predicted molar refractivity (Wildman–Crippen MR) is 151 cm³/mol. The lowest BCUT2D eigenvalue weighted by molar-refractivity contribution is -0.120. The second-order valence-electron chi connectivity index (χ2n) is 8.68. The van der Waals surface area contributed by atoms with E-state index in [2.05, 4.69) is 6.58 Å². The first-order chi connectivity index (χ1) is 17.8. The summed E-state index contributed by atoms with van der Waals surface area (Å²) in [5, 5.41) is 10.7. The Morgan fingerprint density at radius 2 is 1.62 bits per heavy atom. The molecule has 0 aliphatic carbocycles. The highest BCUT2D eigenvalue weighted by atomic mass is 32.1. The van der Waals surface area contributed by atoms with Crippen LogP contribution < -0.4 is 14.5 Å². The number of phenolic OH excluding ortho intramolecular Hbond substituents is 1. The van der Waals surface area contributed by atoms with Crippen LogP contribution in [-0.2, 0) is 16.0 Å². The van der Waals surface area contributed by atoms with Gasteiger partial charge in [0.15, 0.2) is 16.6 Å². The van der Waals surface area contributed by atoms with Gasteiger partial charge in [0.25, 0.3) is 11.8 Å². The van der Waals surface area contributed by atoms with Gasteiger partial charge in [0.2, 0.25) is 0 Å². The minimum atomic E-state index is -0.530. The van der Waals surface area contributed by atoms with Crippen LogP contribution in [0.5, 0.6) is 11.5 Å². The van der Waals surface area contributed by atoms with Gasteiger partial charge in [-0.2, -0.15) is 0 Å². The minimum Gasteiger partial charge on any atom is -0.504 e. The molecule has 6 nitrogen and oxygen atoms in total. The smallest absolute Gasteiger partial charge is 0.270 e. The minimum absolute atomic E-state index is 0.00837. The molecule has 1 N–H and O–H groups in total. The van der Waals surface area contributed by atoms with Gasteiger partial charge in [-0.05, 0) is 98.6 Å². The van der Waals surface area contributed by atoms with E-state index in [1.54, 1.807) is 42.5 Å². The number of carbonyl (C=O) groups is 2.